The third kappa shape index (κ3) is 4.75. The molecular formula is C25H31N3O6. The molecule has 0 spiro atoms. The number of carbonyl (C=O) groups excluding carboxylic acids is 5. The van der Waals surface area contributed by atoms with E-state index in [1.807, 2.05) is 12.9 Å². The summed E-state index contributed by atoms with van der Waals surface area (Å²) < 4.78 is 6.33. The molecule has 0 bridgehead atoms. The number of piperidine rings is 2. The minimum atomic E-state index is -0.934. The van der Waals surface area contributed by atoms with E-state index in [0.717, 1.165) is 36.5 Å². The van der Waals surface area contributed by atoms with E-state index in [-0.39, 0.29) is 24.9 Å². The molecule has 2 saturated heterocycles. The number of benzene rings is 1. The number of imide groups is 2. The molecule has 3 aliphatic heterocycles. The number of carbonyl (C=O) groups is 5. The van der Waals surface area contributed by atoms with Crippen molar-refractivity contribution in [2.75, 3.05) is 18.0 Å². The zero-order valence-electron chi connectivity index (χ0n) is 19.3. The Morgan fingerprint density at radius 2 is 1.47 bits per heavy atom. The molecule has 1 aromatic rings. The second kappa shape index (κ2) is 10.5. The van der Waals surface area contributed by atoms with Crippen molar-refractivity contribution in [2.24, 2.45) is 0 Å². The summed E-state index contributed by atoms with van der Waals surface area (Å²) in [5.41, 5.74) is 1.56. The SMILES string of the molecule is C=O.O=C1CCC(N2C(=O)c3ccc(N4CCC(OC5CCCCC5)CC4)cc3C2=O)C(=O)N1. The number of nitrogens with one attached hydrogen (secondary N) is 1. The van der Waals surface area contributed by atoms with E-state index in [9.17, 15) is 19.2 Å². The number of anilines is 1. The molecule has 182 valence electrons. The lowest BCUT2D eigenvalue weighted by Gasteiger charge is -2.36. The number of hydrogen-bond acceptors (Lipinski definition) is 7. The fraction of sp³-hybridized carbons (Fsp3) is 0.560. The predicted octanol–water partition coefficient (Wildman–Crippen LogP) is 2.22. The first-order chi connectivity index (χ1) is 16.5. The Balaban J connectivity index is 0.00000133. The smallest absolute Gasteiger partial charge is 0.262 e. The molecule has 1 atom stereocenters. The van der Waals surface area contributed by atoms with Gasteiger partial charge in [-0.2, -0.15) is 0 Å². The fourth-order valence-corrected chi connectivity index (χ4v) is 5.38. The highest BCUT2D eigenvalue weighted by Gasteiger charge is 2.44. The lowest BCUT2D eigenvalue weighted by atomic mass is 9.97. The van der Waals surface area contributed by atoms with Crippen molar-refractivity contribution in [3.63, 3.8) is 0 Å². The van der Waals surface area contributed by atoms with Gasteiger partial charge >= 0.3 is 0 Å². The van der Waals surface area contributed by atoms with Gasteiger partial charge in [-0.3, -0.25) is 29.4 Å². The van der Waals surface area contributed by atoms with Crippen LogP contribution >= 0.6 is 0 Å². The maximum absolute atomic E-state index is 13.0. The number of ether oxygens (including phenoxy) is 1. The van der Waals surface area contributed by atoms with Gasteiger partial charge in [-0.1, -0.05) is 19.3 Å². The topological polar surface area (TPSA) is 113 Å². The molecule has 4 aliphatic rings. The normalized spacial score (nSPS) is 23.9. The maximum Gasteiger partial charge on any atom is 0.262 e. The van der Waals surface area contributed by atoms with E-state index in [1.54, 1.807) is 12.1 Å². The molecule has 0 aromatic heterocycles. The van der Waals surface area contributed by atoms with Gasteiger partial charge in [0.15, 0.2) is 0 Å². The van der Waals surface area contributed by atoms with E-state index in [0.29, 0.717) is 17.2 Å². The van der Waals surface area contributed by atoms with Gasteiger partial charge in [-0.25, -0.2) is 0 Å². The molecule has 1 aliphatic carbocycles. The lowest BCUT2D eigenvalue weighted by Crippen LogP contribution is -2.54. The second-order valence-electron chi connectivity index (χ2n) is 9.26. The number of hydrogen-bond donors (Lipinski definition) is 1. The molecule has 1 N–H and O–H groups in total. The maximum atomic E-state index is 13.0. The van der Waals surface area contributed by atoms with Crippen LogP contribution in [0.3, 0.4) is 0 Å². The van der Waals surface area contributed by atoms with Crippen molar-refractivity contribution in [1.82, 2.24) is 10.2 Å². The minimum absolute atomic E-state index is 0.118. The summed E-state index contributed by atoms with van der Waals surface area (Å²) in [4.78, 5) is 60.8. The van der Waals surface area contributed by atoms with E-state index in [4.69, 9.17) is 9.53 Å². The van der Waals surface area contributed by atoms with E-state index in [1.165, 1.54) is 32.1 Å². The molecule has 1 unspecified atom stereocenters. The molecular weight excluding hydrogens is 438 g/mol. The van der Waals surface area contributed by atoms with Crippen molar-refractivity contribution in [3.8, 4) is 0 Å². The Bertz CT molecular complexity index is 965. The van der Waals surface area contributed by atoms with E-state index in [2.05, 4.69) is 10.2 Å². The summed E-state index contributed by atoms with van der Waals surface area (Å²) in [6.45, 7) is 3.68. The van der Waals surface area contributed by atoms with E-state index < -0.39 is 23.8 Å². The van der Waals surface area contributed by atoms with Crippen LogP contribution in [0, 0.1) is 0 Å². The summed E-state index contributed by atoms with van der Waals surface area (Å²) in [7, 11) is 0. The van der Waals surface area contributed by atoms with Crippen molar-refractivity contribution < 1.29 is 28.7 Å². The average molecular weight is 470 g/mol. The largest absolute Gasteiger partial charge is 0.375 e. The summed E-state index contributed by atoms with van der Waals surface area (Å²) in [6.07, 6.45) is 9.06. The van der Waals surface area contributed by atoms with Gasteiger partial charge in [0, 0.05) is 25.2 Å². The van der Waals surface area contributed by atoms with Crippen LogP contribution < -0.4 is 10.2 Å². The number of nitrogens with zero attached hydrogens (tertiary/aromatic N) is 2. The Morgan fingerprint density at radius 3 is 2.15 bits per heavy atom. The van der Waals surface area contributed by atoms with Gasteiger partial charge in [-0.15, -0.1) is 0 Å². The molecule has 1 aromatic carbocycles. The quantitative estimate of drug-likeness (QED) is 0.673. The first-order valence-electron chi connectivity index (χ1n) is 12.1. The zero-order valence-corrected chi connectivity index (χ0v) is 19.3. The standard InChI is InChI=1S/C24H29N3O5.CH2O/c28-21-9-8-20(22(29)25-21)27-23(30)18-7-6-15(14-19(18)24(27)31)26-12-10-17(11-13-26)32-16-4-2-1-3-5-16;1-2/h6-7,14,16-17,20H,1-5,8-13H2,(H,25,28,29);1H2. The van der Waals surface area contributed by atoms with Crippen LogP contribution in [0.25, 0.3) is 0 Å². The Hall–Kier alpha value is -3.07. The first kappa shape index (κ1) is 24.1. The average Bonchev–Trinajstić information content (AvgIpc) is 3.11. The molecule has 1 saturated carbocycles. The zero-order chi connectivity index (χ0) is 24.2. The minimum Gasteiger partial charge on any atom is -0.375 e. The summed E-state index contributed by atoms with van der Waals surface area (Å²) in [5, 5.41) is 2.23. The van der Waals surface area contributed by atoms with Gasteiger partial charge in [0.05, 0.1) is 23.3 Å². The molecule has 3 heterocycles. The number of rotatable bonds is 4. The van der Waals surface area contributed by atoms with Gasteiger partial charge in [-0.05, 0) is 50.3 Å². The highest BCUT2D eigenvalue weighted by atomic mass is 16.5. The van der Waals surface area contributed by atoms with Gasteiger partial charge < -0.3 is 14.4 Å². The monoisotopic (exact) mass is 469 g/mol. The Kier molecular flexibility index (Phi) is 7.41. The summed E-state index contributed by atoms with van der Waals surface area (Å²) in [5.74, 6) is -1.89. The second-order valence-corrected chi connectivity index (χ2v) is 9.26. The molecule has 0 radical (unpaired) electrons. The molecule has 9 heteroatoms. The third-order valence-corrected chi connectivity index (χ3v) is 7.17. The van der Waals surface area contributed by atoms with Gasteiger partial charge in [0.1, 0.15) is 12.8 Å². The van der Waals surface area contributed by atoms with Gasteiger partial charge in [0.25, 0.3) is 11.8 Å². The van der Waals surface area contributed by atoms with Crippen LogP contribution in [-0.4, -0.2) is 66.7 Å². The fourth-order valence-electron chi connectivity index (χ4n) is 5.38. The summed E-state index contributed by atoms with van der Waals surface area (Å²) in [6, 6.07) is 4.39. The molecule has 9 nitrogen and oxygen atoms in total. The number of amides is 4. The molecule has 34 heavy (non-hydrogen) atoms. The molecule has 3 fully saturated rings. The summed E-state index contributed by atoms with van der Waals surface area (Å²) >= 11 is 0. The highest BCUT2D eigenvalue weighted by molar-refractivity contribution is 6.23. The predicted molar refractivity (Wildman–Crippen MR) is 123 cm³/mol. The van der Waals surface area contributed by atoms with Crippen LogP contribution in [0.2, 0.25) is 0 Å². The Morgan fingerprint density at radius 1 is 0.824 bits per heavy atom. The van der Waals surface area contributed by atoms with Crippen LogP contribution in [0.4, 0.5) is 5.69 Å². The molecule has 4 amide bonds. The van der Waals surface area contributed by atoms with E-state index >= 15 is 0 Å². The molecule has 5 rings (SSSR count). The van der Waals surface area contributed by atoms with Crippen LogP contribution in [0.5, 0.6) is 0 Å². The van der Waals surface area contributed by atoms with Crippen LogP contribution in [0.1, 0.15) is 78.5 Å². The first-order valence-corrected chi connectivity index (χ1v) is 12.1. The Labute approximate surface area is 198 Å². The third-order valence-electron chi connectivity index (χ3n) is 7.17. The van der Waals surface area contributed by atoms with Crippen LogP contribution in [-0.2, 0) is 19.1 Å². The lowest BCUT2D eigenvalue weighted by molar-refractivity contribution is -0.136. The van der Waals surface area contributed by atoms with Crippen molar-refractivity contribution in [1.29, 1.82) is 0 Å². The van der Waals surface area contributed by atoms with Crippen LogP contribution in [0.15, 0.2) is 18.2 Å². The highest BCUT2D eigenvalue weighted by Crippen LogP contribution is 2.32. The van der Waals surface area contributed by atoms with Crippen molar-refractivity contribution >= 4 is 36.1 Å². The number of fused-ring (bicyclic) bond motifs is 1. The van der Waals surface area contributed by atoms with Crippen molar-refractivity contribution in [3.05, 3.63) is 29.3 Å². The van der Waals surface area contributed by atoms with Crippen molar-refractivity contribution in [2.45, 2.75) is 76.0 Å². The van der Waals surface area contributed by atoms with Gasteiger partial charge in [0.2, 0.25) is 11.8 Å².